The van der Waals surface area contributed by atoms with Crippen LogP contribution in [-0.4, -0.2) is 32.2 Å². The van der Waals surface area contributed by atoms with E-state index in [0.717, 1.165) is 0 Å². The van der Waals surface area contributed by atoms with Gasteiger partial charge in [-0.15, -0.1) is 0 Å². The van der Waals surface area contributed by atoms with E-state index < -0.39 is 15.8 Å². The molecule has 6 heteroatoms. The van der Waals surface area contributed by atoms with Gasteiger partial charge in [-0.25, -0.2) is 4.72 Å². The molecule has 0 saturated carbocycles. The van der Waals surface area contributed by atoms with Crippen molar-refractivity contribution in [1.82, 2.24) is 9.44 Å². The molecule has 0 aromatic heterocycles. The molecule has 0 spiro atoms. The fraction of sp³-hybridized carbons (Fsp3) is 1.00. The van der Waals surface area contributed by atoms with Crippen molar-refractivity contribution in [3.63, 3.8) is 0 Å². The van der Waals surface area contributed by atoms with Gasteiger partial charge in [-0.3, -0.25) is 0 Å². The molecule has 1 atom stereocenters. The maximum atomic E-state index is 11.5. The Kier molecular flexibility index (Phi) is 6.61. The molecular weight excluding hydrogens is 240 g/mol. The molecule has 0 amide bonds. The summed E-state index contributed by atoms with van der Waals surface area (Å²) >= 11 is 0. The molecule has 0 aromatic carbocycles. The highest BCUT2D eigenvalue weighted by Gasteiger charge is 2.24. The van der Waals surface area contributed by atoms with Gasteiger partial charge in [-0.1, -0.05) is 27.7 Å². The summed E-state index contributed by atoms with van der Waals surface area (Å²) in [6.45, 7) is 9.88. The number of rotatable bonds is 8. The smallest absolute Gasteiger partial charge is 0.277 e. The van der Waals surface area contributed by atoms with Gasteiger partial charge in [0.25, 0.3) is 10.2 Å². The van der Waals surface area contributed by atoms with Crippen LogP contribution < -0.4 is 9.44 Å². The molecule has 1 unspecified atom stereocenters. The Balaban J connectivity index is 4.17. The van der Waals surface area contributed by atoms with E-state index in [9.17, 15) is 13.5 Å². The molecule has 0 heterocycles. The Labute approximate surface area is 105 Å². The highest BCUT2D eigenvalue weighted by atomic mass is 32.2. The summed E-state index contributed by atoms with van der Waals surface area (Å²) in [5.74, 6) is 0.570. The van der Waals surface area contributed by atoms with Gasteiger partial charge < -0.3 is 5.11 Å². The van der Waals surface area contributed by atoms with Crippen LogP contribution >= 0.6 is 0 Å². The molecule has 0 aromatic rings. The van der Waals surface area contributed by atoms with E-state index in [0.29, 0.717) is 18.9 Å². The lowest BCUT2D eigenvalue weighted by Crippen LogP contribution is -2.46. The first kappa shape index (κ1) is 16.8. The number of hydrogen-bond donors (Lipinski definition) is 3. The average molecular weight is 266 g/mol. The van der Waals surface area contributed by atoms with Crippen LogP contribution in [0.4, 0.5) is 0 Å². The molecule has 0 saturated heterocycles. The zero-order valence-electron chi connectivity index (χ0n) is 11.4. The molecule has 3 N–H and O–H groups in total. The predicted octanol–water partition coefficient (Wildman–Crippen LogP) is 0.864. The van der Waals surface area contributed by atoms with Gasteiger partial charge in [0.15, 0.2) is 0 Å². The zero-order chi connectivity index (χ0) is 13.7. The van der Waals surface area contributed by atoms with Crippen LogP contribution in [0.2, 0.25) is 0 Å². The van der Waals surface area contributed by atoms with E-state index in [-0.39, 0.29) is 12.5 Å². The van der Waals surface area contributed by atoms with Crippen LogP contribution in [0.1, 0.15) is 41.0 Å². The molecule has 0 fully saturated rings. The van der Waals surface area contributed by atoms with Crippen LogP contribution in [-0.2, 0) is 10.2 Å². The average Bonchev–Trinajstić information content (AvgIpc) is 2.10. The third-order valence-corrected chi connectivity index (χ3v) is 3.24. The molecule has 5 nitrogen and oxygen atoms in total. The molecule has 0 aliphatic heterocycles. The largest absolute Gasteiger partial charge is 0.389 e. The maximum absolute atomic E-state index is 11.5. The molecular formula is C11H26N2O3S. The molecule has 0 bridgehead atoms. The van der Waals surface area contributed by atoms with Crippen molar-refractivity contribution in [3.8, 4) is 0 Å². The fourth-order valence-corrected chi connectivity index (χ4v) is 2.69. The standard InChI is InChI=1S/C11H26N2O3S/c1-9(2)6-11(5,14)8-13-17(15,16)12-7-10(3)4/h9-10,12-14H,6-8H2,1-5H3. The quantitative estimate of drug-likeness (QED) is 0.610. The van der Waals surface area contributed by atoms with Crippen LogP contribution in [0.3, 0.4) is 0 Å². The van der Waals surface area contributed by atoms with Gasteiger partial charge in [-0.2, -0.15) is 13.1 Å². The van der Waals surface area contributed by atoms with Gasteiger partial charge in [0.05, 0.1) is 5.60 Å². The van der Waals surface area contributed by atoms with Crippen molar-refractivity contribution in [2.24, 2.45) is 11.8 Å². The Bertz CT molecular complexity index is 311. The first-order valence-electron chi connectivity index (χ1n) is 6.01. The van der Waals surface area contributed by atoms with Crippen LogP contribution in [0.5, 0.6) is 0 Å². The highest BCUT2D eigenvalue weighted by Crippen LogP contribution is 2.15. The molecule has 0 radical (unpaired) electrons. The number of aliphatic hydroxyl groups is 1. The molecule has 17 heavy (non-hydrogen) atoms. The first-order chi connectivity index (χ1) is 7.54. The lowest BCUT2D eigenvalue weighted by molar-refractivity contribution is 0.0436. The monoisotopic (exact) mass is 266 g/mol. The summed E-state index contributed by atoms with van der Waals surface area (Å²) in [6.07, 6.45) is 0.555. The van der Waals surface area contributed by atoms with E-state index in [1.807, 2.05) is 27.7 Å². The van der Waals surface area contributed by atoms with Gasteiger partial charge in [0.1, 0.15) is 0 Å². The molecule has 104 valence electrons. The van der Waals surface area contributed by atoms with Gasteiger partial charge in [-0.05, 0) is 25.2 Å². The molecule has 0 aliphatic rings. The van der Waals surface area contributed by atoms with Crippen molar-refractivity contribution in [3.05, 3.63) is 0 Å². The van der Waals surface area contributed by atoms with Crippen molar-refractivity contribution in [2.75, 3.05) is 13.1 Å². The highest BCUT2D eigenvalue weighted by molar-refractivity contribution is 7.87. The SMILES string of the molecule is CC(C)CNS(=O)(=O)NCC(C)(O)CC(C)C. The second-order valence-corrected chi connectivity index (χ2v) is 7.25. The molecule has 0 rings (SSSR count). The lowest BCUT2D eigenvalue weighted by Gasteiger charge is -2.25. The summed E-state index contributed by atoms with van der Waals surface area (Å²) in [5, 5.41) is 9.97. The van der Waals surface area contributed by atoms with E-state index in [4.69, 9.17) is 0 Å². The first-order valence-corrected chi connectivity index (χ1v) is 7.49. The van der Waals surface area contributed by atoms with Crippen molar-refractivity contribution in [2.45, 2.75) is 46.6 Å². The maximum Gasteiger partial charge on any atom is 0.277 e. The summed E-state index contributed by atoms with van der Waals surface area (Å²) in [4.78, 5) is 0. The lowest BCUT2D eigenvalue weighted by atomic mass is 9.95. The van der Waals surface area contributed by atoms with Crippen molar-refractivity contribution < 1.29 is 13.5 Å². The third kappa shape index (κ3) is 9.52. The normalized spacial score (nSPS) is 16.5. The van der Waals surface area contributed by atoms with Crippen molar-refractivity contribution >= 4 is 10.2 Å². The second-order valence-electron chi connectivity index (χ2n) is 5.66. The van der Waals surface area contributed by atoms with Crippen LogP contribution in [0.25, 0.3) is 0 Å². The van der Waals surface area contributed by atoms with E-state index >= 15 is 0 Å². The van der Waals surface area contributed by atoms with Crippen LogP contribution in [0.15, 0.2) is 0 Å². The topological polar surface area (TPSA) is 78.4 Å². The Morgan fingerprint density at radius 2 is 1.65 bits per heavy atom. The van der Waals surface area contributed by atoms with Gasteiger partial charge in [0, 0.05) is 13.1 Å². The summed E-state index contributed by atoms with van der Waals surface area (Å²) in [6, 6.07) is 0. The summed E-state index contributed by atoms with van der Waals surface area (Å²) < 4.78 is 27.9. The minimum absolute atomic E-state index is 0.0264. The third-order valence-electron chi connectivity index (χ3n) is 2.17. The van der Waals surface area contributed by atoms with Crippen LogP contribution in [0, 0.1) is 11.8 Å². The van der Waals surface area contributed by atoms with E-state index in [1.165, 1.54) is 0 Å². The minimum Gasteiger partial charge on any atom is -0.389 e. The Hall–Kier alpha value is -0.170. The second kappa shape index (κ2) is 6.68. The van der Waals surface area contributed by atoms with Gasteiger partial charge in [0.2, 0.25) is 0 Å². The summed E-state index contributed by atoms with van der Waals surface area (Å²) in [5.41, 5.74) is -1.01. The number of hydrogen-bond acceptors (Lipinski definition) is 3. The predicted molar refractivity (Wildman–Crippen MR) is 69.8 cm³/mol. The molecule has 0 aliphatic carbocycles. The Morgan fingerprint density at radius 1 is 1.12 bits per heavy atom. The summed E-state index contributed by atoms with van der Waals surface area (Å²) in [7, 11) is -3.51. The zero-order valence-corrected chi connectivity index (χ0v) is 12.3. The minimum atomic E-state index is -3.51. The fourth-order valence-electron chi connectivity index (χ4n) is 1.53. The van der Waals surface area contributed by atoms with Gasteiger partial charge >= 0.3 is 0 Å². The van der Waals surface area contributed by atoms with Crippen molar-refractivity contribution in [1.29, 1.82) is 0 Å². The van der Waals surface area contributed by atoms with E-state index in [1.54, 1.807) is 6.92 Å². The number of nitrogens with one attached hydrogen (secondary N) is 2. The van der Waals surface area contributed by atoms with E-state index in [2.05, 4.69) is 9.44 Å². The Morgan fingerprint density at radius 3 is 2.06 bits per heavy atom.